The number of hydrogen-bond acceptors (Lipinski definition) is 4. The highest BCUT2D eigenvalue weighted by Gasteiger charge is 2.32. The van der Waals surface area contributed by atoms with Gasteiger partial charge in [-0.25, -0.2) is 0 Å². The average Bonchev–Trinajstić information content (AvgIpc) is 3.24. The van der Waals surface area contributed by atoms with Gasteiger partial charge in [0, 0.05) is 23.7 Å². The van der Waals surface area contributed by atoms with Crippen molar-refractivity contribution < 1.29 is 13.9 Å². The van der Waals surface area contributed by atoms with E-state index in [-0.39, 0.29) is 0 Å². The molecule has 0 unspecified atom stereocenters. The summed E-state index contributed by atoms with van der Waals surface area (Å²) in [5.74, 6) is 3.25. The van der Waals surface area contributed by atoms with Crippen LogP contribution < -0.4 is 14.8 Å². The van der Waals surface area contributed by atoms with Crippen molar-refractivity contribution in [3.05, 3.63) is 23.5 Å². The molecule has 0 aliphatic heterocycles. The van der Waals surface area contributed by atoms with E-state index in [2.05, 4.69) is 19.2 Å². The standard InChI is InChI=1S/C17H23NO3/c1-10(2)18-9-15-16(11-5-6-11)17-13(20-4)7-12(19-3)8-14(17)21-15/h7-8,10-11,18H,5-6,9H2,1-4H3. The van der Waals surface area contributed by atoms with E-state index in [4.69, 9.17) is 13.9 Å². The maximum absolute atomic E-state index is 6.11. The average molecular weight is 289 g/mol. The second-order valence-corrected chi connectivity index (χ2v) is 5.95. The second kappa shape index (κ2) is 5.60. The van der Waals surface area contributed by atoms with E-state index in [1.807, 2.05) is 12.1 Å². The molecule has 4 heteroatoms. The van der Waals surface area contributed by atoms with Crippen molar-refractivity contribution in [2.45, 2.75) is 45.2 Å². The van der Waals surface area contributed by atoms with E-state index in [9.17, 15) is 0 Å². The fourth-order valence-electron chi connectivity index (χ4n) is 2.75. The Kier molecular flexibility index (Phi) is 3.81. The first-order valence-corrected chi connectivity index (χ1v) is 7.54. The van der Waals surface area contributed by atoms with Crippen molar-refractivity contribution in [3.63, 3.8) is 0 Å². The van der Waals surface area contributed by atoms with Gasteiger partial charge in [0.2, 0.25) is 0 Å². The molecule has 1 saturated carbocycles. The summed E-state index contributed by atoms with van der Waals surface area (Å²) in [6.07, 6.45) is 2.47. The first-order chi connectivity index (χ1) is 10.1. The molecular formula is C17H23NO3. The molecule has 0 bridgehead atoms. The van der Waals surface area contributed by atoms with Crippen LogP contribution in [0.2, 0.25) is 0 Å². The Morgan fingerprint density at radius 1 is 1.24 bits per heavy atom. The molecule has 1 aromatic heterocycles. The number of hydrogen-bond donors (Lipinski definition) is 1. The van der Waals surface area contributed by atoms with Crippen LogP contribution in [0.1, 0.15) is 43.9 Å². The van der Waals surface area contributed by atoms with Crippen LogP contribution >= 0.6 is 0 Å². The number of benzene rings is 1. The molecule has 4 nitrogen and oxygen atoms in total. The third kappa shape index (κ3) is 2.72. The number of rotatable bonds is 6. The first-order valence-electron chi connectivity index (χ1n) is 7.54. The van der Waals surface area contributed by atoms with Crippen LogP contribution in [0, 0.1) is 0 Å². The molecule has 0 atom stereocenters. The van der Waals surface area contributed by atoms with Gasteiger partial charge in [-0.3, -0.25) is 0 Å². The summed E-state index contributed by atoms with van der Waals surface area (Å²) in [5.41, 5.74) is 2.17. The predicted molar refractivity (Wildman–Crippen MR) is 83.3 cm³/mol. The third-order valence-electron chi connectivity index (χ3n) is 3.95. The van der Waals surface area contributed by atoms with Crippen molar-refractivity contribution >= 4 is 11.0 Å². The Morgan fingerprint density at radius 3 is 2.57 bits per heavy atom. The number of furan rings is 1. The highest BCUT2D eigenvalue weighted by molar-refractivity contribution is 5.90. The molecule has 1 aliphatic carbocycles. The summed E-state index contributed by atoms with van der Waals surface area (Å²) >= 11 is 0. The molecular weight excluding hydrogens is 266 g/mol. The van der Waals surface area contributed by atoms with E-state index in [0.29, 0.717) is 12.0 Å². The van der Waals surface area contributed by atoms with Gasteiger partial charge in [0.05, 0.1) is 26.2 Å². The molecule has 1 heterocycles. The lowest BCUT2D eigenvalue weighted by molar-refractivity contribution is 0.396. The zero-order valence-electron chi connectivity index (χ0n) is 13.2. The number of nitrogens with one attached hydrogen (secondary N) is 1. The topological polar surface area (TPSA) is 43.6 Å². The molecule has 0 radical (unpaired) electrons. The summed E-state index contributed by atoms with van der Waals surface area (Å²) in [6, 6.07) is 4.31. The first kappa shape index (κ1) is 14.3. The van der Waals surface area contributed by atoms with Crippen molar-refractivity contribution in [2.24, 2.45) is 0 Å². The number of ether oxygens (including phenoxy) is 2. The molecule has 2 aromatic rings. The monoisotopic (exact) mass is 289 g/mol. The number of methoxy groups -OCH3 is 2. The lowest BCUT2D eigenvalue weighted by atomic mass is 10.0. The largest absolute Gasteiger partial charge is 0.496 e. The molecule has 0 amide bonds. The van der Waals surface area contributed by atoms with Crippen molar-refractivity contribution in [1.82, 2.24) is 5.32 Å². The lowest BCUT2D eigenvalue weighted by Gasteiger charge is -2.08. The van der Waals surface area contributed by atoms with Crippen LogP contribution in [0.25, 0.3) is 11.0 Å². The van der Waals surface area contributed by atoms with Crippen LogP contribution in [-0.4, -0.2) is 20.3 Å². The summed E-state index contributed by atoms with van der Waals surface area (Å²) in [5, 5.41) is 4.56. The zero-order chi connectivity index (χ0) is 15.0. The Balaban J connectivity index is 2.12. The van der Waals surface area contributed by atoms with E-state index >= 15 is 0 Å². The van der Waals surface area contributed by atoms with Crippen LogP contribution in [0.3, 0.4) is 0 Å². The summed E-state index contributed by atoms with van der Waals surface area (Å²) < 4.78 is 17.0. The molecule has 1 N–H and O–H groups in total. The minimum atomic E-state index is 0.432. The lowest BCUT2D eigenvalue weighted by Crippen LogP contribution is -2.22. The molecule has 114 valence electrons. The normalized spacial score (nSPS) is 14.9. The highest BCUT2D eigenvalue weighted by atomic mass is 16.5. The van der Waals surface area contributed by atoms with E-state index in [1.165, 1.54) is 18.4 Å². The zero-order valence-corrected chi connectivity index (χ0v) is 13.2. The van der Waals surface area contributed by atoms with Gasteiger partial charge in [-0.1, -0.05) is 13.8 Å². The Morgan fingerprint density at radius 2 is 2.00 bits per heavy atom. The van der Waals surface area contributed by atoms with E-state index in [0.717, 1.165) is 34.8 Å². The smallest absolute Gasteiger partial charge is 0.142 e. The maximum atomic E-state index is 6.11. The molecule has 0 spiro atoms. The van der Waals surface area contributed by atoms with Crippen LogP contribution in [0.4, 0.5) is 0 Å². The second-order valence-electron chi connectivity index (χ2n) is 5.95. The van der Waals surface area contributed by atoms with Gasteiger partial charge in [0.1, 0.15) is 22.8 Å². The van der Waals surface area contributed by atoms with Crippen LogP contribution in [-0.2, 0) is 6.54 Å². The summed E-state index contributed by atoms with van der Waals surface area (Å²) in [6.45, 7) is 5.04. The third-order valence-corrected chi connectivity index (χ3v) is 3.95. The quantitative estimate of drug-likeness (QED) is 0.878. The summed E-state index contributed by atoms with van der Waals surface area (Å²) in [4.78, 5) is 0. The summed E-state index contributed by atoms with van der Waals surface area (Å²) in [7, 11) is 3.36. The van der Waals surface area contributed by atoms with Crippen molar-refractivity contribution in [1.29, 1.82) is 0 Å². The van der Waals surface area contributed by atoms with Crippen LogP contribution in [0.15, 0.2) is 16.5 Å². The van der Waals surface area contributed by atoms with Crippen molar-refractivity contribution in [2.75, 3.05) is 14.2 Å². The Hall–Kier alpha value is -1.68. The van der Waals surface area contributed by atoms with Gasteiger partial charge >= 0.3 is 0 Å². The van der Waals surface area contributed by atoms with Crippen molar-refractivity contribution in [3.8, 4) is 11.5 Å². The van der Waals surface area contributed by atoms with Gasteiger partial charge in [0.15, 0.2) is 0 Å². The molecule has 1 aliphatic rings. The van der Waals surface area contributed by atoms with E-state index < -0.39 is 0 Å². The van der Waals surface area contributed by atoms with Crippen LogP contribution in [0.5, 0.6) is 11.5 Å². The Bertz CT molecular complexity index is 641. The highest BCUT2D eigenvalue weighted by Crippen LogP contribution is 2.49. The molecule has 1 fully saturated rings. The molecule has 21 heavy (non-hydrogen) atoms. The van der Waals surface area contributed by atoms with E-state index in [1.54, 1.807) is 14.2 Å². The van der Waals surface area contributed by atoms with Gasteiger partial charge in [-0.15, -0.1) is 0 Å². The fraction of sp³-hybridized carbons (Fsp3) is 0.529. The Labute approximate surface area is 125 Å². The fourth-order valence-corrected chi connectivity index (χ4v) is 2.75. The molecule has 3 rings (SSSR count). The van der Waals surface area contributed by atoms with Gasteiger partial charge < -0.3 is 19.2 Å². The van der Waals surface area contributed by atoms with Gasteiger partial charge in [-0.2, -0.15) is 0 Å². The SMILES string of the molecule is COc1cc(OC)c2c(C3CC3)c(CNC(C)C)oc2c1. The van der Waals surface area contributed by atoms with Gasteiger partial charge in [0.25, 0.3) is 0 Å². The molecule has 0 saturated heterocycles. The minimum Gasteiger partial charge on any atom is -0.496 e. The number of fused-ring (bicyclic) bond motifs is 1. The van der Waals surface area contributed by atoms with Gasteiger partial charge in [-0.05, 0) is 18.8 Å². The molecule has 1 aromatic carbocycles. The minimum absolute atomic E-state index is 0.432. The predicted octanol–water partition coefficient (Wildman–Crippen LogP) is 3.83. The maximum Gasteiger partial charge on any atom is 0.142 e.